The quantitative estimate of drug-likeness (QED) is 0.790. The first-order chi connectivity index (χ1) is 10.1. The fourth-order valence-electron chi connectivity index (χ4n) is 2.78. The standard InChI is InChI=1S/C17H19BrN2O/c1-19-7-2-8-20(10-9-19)17(21)15-4-3-14-12-16(18)6-5-13(14)11-15/h3-6,11-12H,2,7-10H2,1H3. The summed E-state index contributed by atoms with van der Waals surface area (Å²) in [5.74, 6) is 0.148. The maximum atomic E-state index is 12.7. The number of nitrogens with zero attached hydrogens (tertiary/aromatic N) is 2. The summed E-state index contributed by atoms with van der Waals surface area (Å²) < 4.78 is 1.06. The van der Waals surface area contributed by atoms with Crippen molar-refractivity contribution in [2.75, 3.05) is 33.2 Å². The maximum Gasteiger partial charge on any atom is 0.253 e. The molecule has 0 aliphatic carbocycles. The molecule has 2 aromatic rings. The Hall–Kier alpha value is -1.39. The number of hydrogen-bond donors (Lipinski definition) is 0. The van der Waals surface area contributed by atoms with Gasteiger partial charge >= 0.3 is 0 Å². The molecule has 0 aromatic heterocycles. The van der Waals surface area contributed by atoms with E-state index in [4.69, 9.17) is 0 Å². The number of amides is 1. The zero-order valence-corrected chi connectivity index (χ0v) is 13.8. The van der Waals surface area contributed by atoms with Gasteiger partial charge in [0.1, 0.15) is 0 Å². The fourth-order valence-corrected chi connectivity index (χ4v) is 3.16. The Morgan fingerprint density at radius 1 is 1.00 bits per heavy atom. The Labute approximate surface area is 133 Å². The van der Waals surface area contributed by atoms with E-state index in [1.807, 2.05) is 35.2 Å². The van der Waals surface area contributed by atoms with Gasteiger partial charge in [-0.2, -0.15) is 0 Å². The second-order valence-corrected chi connectivity index (χ2v) is 6.57. The lowest BCUT2D eigenvalue weighted by Crippen LogP contribution is -2.34. The van der Waals surface area contributed by atoms with E-state index in [-0.39, 0.29) is 5.91 Å². The molecule has 0 spiro atoms. The third kappa shape index (κ3) is 3.27. The zero-order valence-electron chi connectivity index (χ0n) is 12.2. The van der Waals surface area contributed by atoms with Gasteiger partial charge in [0.2, 0.25) is 0 Å². The predicted molar refractivity (Wildman–Crippen MR) is 89.7 cm³/mol. The fraction of sp³-hybridized carbons (Fsp3) is 0.353. The molecule has 0 radical (unpaired) electrons. The van der Waals surface area contributed by atoms with E-state index in [1.54, 1.807) is 0 Å². The average molecular weight is 347 g/mol. The van der Waals surface area contributed by atoms with Gasteiger partial charge in [-0.05, 0) is 55.1 Å². The van der Waals surface area contributed by atoms with Gasteiger partial charge in [0.05, 0.1) is 0 Å². The monoisotopic (exact) mass is 346 g/mol. The Morgan fingerprint density at radius 2 is 1.76 bits per heavy atom. The van der Waals surface area contributed by atoms with Crippen LogP contribution < -0.4 is 0 Å². The normalized spacial score (nSPS) is 17.0. The van der Waals surface area contributed by atoms with Gasteiger partial charge in [-0.25, -0.2) is 0 Å². The van der Waals surface area contributed by atoms with E-state index in [1.165, 1.54) is 0 Å². The molecule has 3 rings (SSSR count). The minimum Gasteiger partial charge on any atom is -0.337 e. The summed E-state index contributed by atoms with van der Waals surface area (Å²) in [6.07, 6.45) is 1.04. The molecular weight excluding hydrogens is 328 g/mol. The third-order valence-corrected chi connectivity index (χ3v) is 4.55. The number of carbonyl (C=O) groups excluding carboxylic acids is 1. The molecule has 1 heterocycles. The van der Waals surface area contributed by atoms with Gasteiger partial charge in [-0.1, -0.05) is 28.1 Å². The van der Waals surface area contributed by atoms with Crippen LogP contribution in [0.3, 0.4) is 0 Å². The average Bonchev–Trinajstić information content (AvgIpc) is 2.70. The van der Waals surface area contributed by atoms with E-state index in [2.05, 4.69) is 33.9 Å². The van der Waals surface area contributed by atoms with E-state index >= 15 is 0 Å². The number of halogens is 1. The van der Waals surface area contributed by atoms with Crippen molar-refractivity contribution < 1.29 is 4.79 Å². The summed E-state index contributed by atoms with van der Waals surface area (Å²) in [6.45, 7) is 3.68. The molecule has 110 valence electrons. The van der Waals surface area contributed by atoms with Crippen molar-refractivity contribution in [2.45, 2.75) is 6.42 Å². The smallest absolute Gasteiger partial charge is 0.253 e. The topological polar surface area (TPSA) is 23.6 Å². The lowest BCUT2D eigenvalue weighted by Gasteiger charge is -2.20. The first kappa shape index (κ1) is 14.5. The van der Waals surface area contributed by atoms with Gasteiger partial charge in [0, 0.05) is 29.7 Å². The van der Waals surface area contributed by atoms with Crippen molar-refractivity contribution in [3.63, 3.8) is 0 Å². The maximum absolute atomic E-state index is 12.7. The predicted octanol–water partition coefficient (Wildman–Crippen LogP) is 3.38. The molecule has 4 heteroatoms. The molecule has 2 aromatic carbocycles. The second kappa shape index (κ2) is 6.16. The first-order valence-electron chi connectivity index (χ1n) is 7.30. The molecule has 21 heavy (non-hydrogen) atoms. The summed E-state index contributed by atoms with van der Waals surface area (Å²) >= 11 is 3.48. The number of likely N-dealkylation sites (N-methyl/N-ethyl adjacent to an activating group) is 1. The van der Waals surface area contributed by atoms with Gasteiger partial charge in [0.25, 0.3) is 5.91 Å². The Morgan fingerprint density at radius 3 is 2.62 bits per heavy atom. The molecule has 0 unspecified atom stereocenters. The van der Waals surface area contributed by atoms with Crippen LogP contribution in [-0.2, 0) is 0 Å². The summed E-state index contributed by atoms with van der Waals surface area (Å²) in [4.78, 5) is 16.9. The highest BCUT2D eigenvalue weighted by atomic mass is 79.9. The Balaban J connectivity index is 1.85. The summed E-state index contributed by atoms with van der Waals surface area (Å²) in [5, 5.41) is 2.26. The molecule has 1 saturated heterocycles. The molecular formula is C17H19BrN2O. The van der Waals surface area contributed by atoms with Crippen LogP contribution in [0, 0.1) is 0 Å². The third-order valence-electron chi connectivity index (χ3n) is 4.06. The van der Waals surface area contributed by atoms with Gasteiger partial charge in [-0.3, -0.25) is 4.79 Å². The molecule has 0 bridgehead atoms. The van der Waals surface area contributed by atoms with Crippen LogP contribution in [0.15, 0.2) is 40.9 Å². The molecule has 0 N–H and O–H groups in total. The minimum atomic E-state index is 0.148. The van der Waals surface area contributed by atoms with Gasteiger partial charge < -0.3 is 9.80 Å². The molecule has 0 saturated carbocycles. The van der Waals surface area contributed by atoms with Gasteiger partial charge in [0.15, 0.2) is 0 Å². The van der Waals surface area contributed by atoms with Crippen molar-refractivity contribution in [1.82, 2.24) is 9.80 Å². The van der Waals surface area contributed by atoms with Crippen molar-refractivity contribution in [1.29, 1.82) is 0 Å². The molecule has 3 nitrogen and oxygen atoms in total. The lowest BCUT2D eigenvalue weighted by molar-refractivity contribution is 0.0763. The Bertz CT molecular complexity index is 671. The highest BCUT2D eigenvalue weighted by molar-refractivity contribution is 9.10. The van der Waals surface area contributed by atoms with Crippen LogP contribution in [0.2, 0.25) is 0 Å². The van der Waals surface area contributed by atoms with Crippen molar-refractivity contribution in [2.24, 2.45) is 0 Å². The highest BCUT2D eigenvalue weighted by Crippen LogP contribution is 2.21. The summed E-state index contributed by atoms with van der Waals surface area (Å²) in [6, 6.07) is 12.1. The first-order valence-corrected chi connectivity index (χ1v) is 8.10. The molecule has 1 amide bonds. The van der Waals surface area contributed by atoms with Crippen LogP contribution in [0.4, 0.5) is 0 Å². The van der Waals surface area contributed by atoms with Crippen LogP contribution in [0.5, 0.6) is 0 Å². The zero-order chi connectivity index (χ0) is 14.8. The van der Waals surface area contributed by atoms with E-state index in [9.17, 15) is 4.79 Å². The lowest BCUT2D eigenvalue weighted by atomic mass is 10.1. The molecule has 1 aliphatic rings. The summed E-state index contributed by atoms with van der Waals surface area (Å²) in [7, 11) is 2.11. The molecule has 1 aliphatic heterocycles. The number of rotatable bonds is 1. The highest BCUT2D eigenvalue weighted by Gasteiger charge is 2.18. The number of fused-ring (bicyclic) bond motifs is 1. The Kier molecular flexibility index (Phi) is 4.27. The molecule has 1 fully saturated rings. The number of carbonyl (C=O) groups is 1. The SMILES string of the molecule is CN1CCCN(C(=O)c2ccc3cc(Br)ccc3c2)CC1. The van der Waals surface area contributed by atoms with Gasteiger partial charge in [-0.15, -0.1) is 0 Å². The largest absolute Gasteiger partial charge is 0.337 e. The number of hydrogen-bond acceptors (Lipinski definition) is 2. The molecule has 0 atom stereocenters. The minimum absolute atomic E-state index is 0.148. The number of benzene rings is 2. The second-order valence-electron chi connectivity index (χ2n) is 5.66. The van der Waals surface area contributed by atoms with Crippen LogP contribution in [0.25, 0.3) is 10.8 Å². The van der Waals surface area contributed by atoms with Crippen LogP contribution >= 0.6 is 15.9 Å². The van der Waals surface area contributed by atoms with Crippen LogP contribution in [-0.4, -0.2) is 48.9 Å². The van der Waals surface area contributed by atoms with Crippen molar-refractivity contribution in [3.05, 3.63) is 46.4 Å². The van der Waals surface area contributed by atoms with E-state index in [0.29, 0.717) is 0 Å². The summed E-state index contributed by atoms with van der Waals surface area (Å²) in [5.41, 5.74) is 0.786. The van der Waals surface area contributed by atoms with E-state index < -0.39 is 0 Å². The van der Waals surface area contributed by atoms with Crippen molar-refractivity contribution >= 4 is 32.6 Å². The van der Waals surface area contributed by atoms with Crippen LogP contribution in [0.1, 0.15) is 16.8 Å². The van der Waals surface area contributed by atoms with E-state index in [0.717, 1.165) is 53.4 Å². The van der Waals surface area contributed by atoms with Crippen molar-refractivity contribution in [3.8, 4) is 0 Å².